The lowest BCUT2D eigenvalue weighted by atomic mass is 10.1. The fourth-order valence-corrected chi connectivity index (χ4v) is 2.19. The van der Waals surface area contributed by atoms with Crippen LogP contribution in [0.2, 0.25) is 5.15 Å². The number of halogens is 1. The summed E-state index contributed by atoms with van der Waals surface area (Å²) in [6.45, 7) is 0.713. The van der Waals surface area contributed by atoms with E-state index in [4.69, 9.17) is 11.6 Å². The van der Waals surface area contributed by atoms with Crippen molar-refractivity contribution < 1.29 is 9.90 Å². The van der Waals surface area contributed by atoms with Crippen molar-refractivity contribution in [3.8, 4) is 0 Å². The Kier molecular flexibility index (Phi) is 2.31. The molecule has 2 aromatic heterocycles. The number of imidazole rings is 1. The average Bonchev–Trinajstić information content (AvgIpc) is 2.60. The van der Waals surface area contributed by atoms with Gasteiger partial charge in [-0.1, -0.05) is 17.7 Å². The van der Waals surface area contributed by atoms with Gasteiger partial charge in [0.15, 0.2) is 10.8 Å². The third kappa shape index (κ3) is 1.59. The molecule has 1 fully saturated rings. The highest BCUT2D eigenvalue weighted by Gasteiger charge is 2.32. The summed E-state index contributed by atoms with van der Waals surface area (Å²) in [5, 5.41) is 9.39. The van der Waals surface area contributed by atoms with Crippen LogP contribution in [0.15, 0.2) is 24.4 Å². The van der Waals surface area contributed by atoms with Gasteiger partial charge in [-0.3, -0.25) is 9.20 Å². The average molecular weight is 252 g/mol. The number of pyridine rings is 1. The van der Waals surface area contributed by atoms with E-state index in [9.17, 15) is 9.90 Å². The lowest BCUT2D eigenvalue weighted by Crippen LogP contribution is -2.53. The summed E-state index contributed by atoms with van der Waals surface area (Å²) in [6.07, 6.45) is 1.33. The topological polar surface area (TPSA) is 57.8 Å². The van der Waals surface area contributed by atoms with Gasteiger partial charge >= 0.3 is 0 Å². The predicted molar refractivity (Wildman–Crippen MR) is 62.1 cm³/mol. The normalized spacial score (nSPS) is 16.2. The standard InChI is InChI=1S/C11H10ClN3O2/c12-10-9(11(17)14-5-7(16)6-14)15-4-2-1-3-8(15)13-10/h1-4,7,16H,5-6H2. The molecule has 0 aliphatic carbocycles. The molecule has 1 amide bonds. The molecule has 0 spiro atoms. The van der Waals surface area contributed by atoms with E-state index in [0.717, 1.165) is 0 Å². The monoisotopic (exact) mass is 251 g/mol. The van der Waals surface area contributed by atoms with E-state index in [-0.39, 0.29) is 11.1 Å². The Morgan fingerprint density at radius 3 is 2.94 bits per heavy atom. The molecule has 2 aromatic rings. The van der Waals surface area contributed by atoms with E-state index < -0.39 is 6.10 Å². The second-order valence-corrected chi connectivity index (χ2v) is 4.40. The molecule has 1 aliphatic heterocycles. The van der Waals surface area contributed by atoms with Crippen LogP contribution in [0, 0.1) is 0 Å². The minimum Gasteiger partial charge on any atom is -0.389 e. The first-order valence-electron chi connectivity index (χ1n) is 5.27. The van der Waals surface area contributed by atoms with Crippen molar-refractivity contribution >= 4 is 23.2 Å². The Balaban J connectivity index is 2.04. The highest BCUT2D eigenvalue weighted by atomic mass is 35.5. The Labute approximate surface area is 102 Å². The third-order valence-electron chi connectivity index (χ3n) is 2.84. The van der Waals surface area contributed by atoms with Crippen LogP contribution in [0.3, 0.4) is 0 Å². The van der Waals surface area contributed by atoms with Gasteiger partial charge in [-0.2, -0.15) is 0 Å². The highest BCUT2D eigenvalue weighted by molar-refractivity contribution is 6.32. The Morgan fingerprint density at radius 2 is 2.24 bits per heavy atom. The van der Waals surface area contributed by atoms with Gasteiger partial charge in [0, 0.05) is 19.3 Å². The molecular formula is C11H10ClN3O2. The smallest absolute Gasteiger partial charge is 0.274 e. The van der Waals surface area contributed by atoms with Gasteiger partial charge < -0.3 is 10.0 Å². The minimum atomic E-state index is -0.420. The Hall–Kier alpha value is -1.59. The van der Waals surface area contributed by atoms with Crippen molar-refractivity contribution in [2.45, 2.75) is 6.10 Å². The predicted octanol–water partition coefficient (Wildman–Crippen LogP) is 0.804. The van der Waals surface area contributed by atoms with Gasteiger partial charge in [0.25, 0.3) is 5.91 Å². The Bertz CT molecular complexity index is 589. The first-order valence-corrected chi connectivity index (χ1v) is 5.64. The van der Waals surface area contributed by atoms with Gasteiger partial charge in [-0.05, 0) is 12.1 Å². The Morgan fingerprint density at radius 1 is 1.47 bits per heavy atom. The maximum absolute atomic E-state index is 12.1. The molecule has 6 heteroatoms. The van der Waals surface area contributed by atoms with E-state index in [1.54, 1.807) is 21.6 Å². The van der Waals surface area contributed by atoms with Crippen LogP contribution in [-0.2, 0) is 0 Å². The van der Waals surface area contributed by atoms with Crippen molar-refractivity contribution in [2.75, 3.05) is 13.1 Å². The molecule has 3 rings (SSSR count). The molecule has 1 N–H and O–H groups in total. The number of carbonyl (C=O) groups excluding carboxylic acids is 1. The summed E-state index contributed by atoms with van der Waals surface area (Å²) >= 11 is 5.98. The molecule has 88 valence electrons. The number of amides is 1. The number of aliphatic hydroxyl groups is 1. The second-order valence-electron chi connectivity index (χ2n) is 4.04. The van der Waals surface area contributed by atoms with Crippen LogP contribution >= 0.6 is 11.6 Å². The maximum Gasteiger partial charge on any atom is 0.274 e. The first-order chi connectivity index (χ1) is 8.16. The molecule has 0 atom stereocenters. The van der Waals surface area contributed by atoms with Crippen LogP contribution in [0.25, 0.3) is 5.65 Å². The van der Waals surface area contributed by atoms with Gasteiger partial charge in [0.1, 0.15) is 5.65 Å². The zero-order valence-electron chi connectivity index (χ0n) is 8.88. The van der Waals surface area contributed by atoms with Gasteiger partial charge in [-0.25, -0.2) is 4.98 Å². The SMILES string of the molecule is O=C(c1c(Cl)nc2ccccn12)N1CC(O)C1. The maximum atomic E-state index is 12.1. The summed E-state index contributed by atoms with van der Waals surface area (Å²) in [7, 11) is 0. The van der Waals surface area contributed by atoms with Crippen molar-refractivity contribution in [1.29, 1.82) is 0 Å². The fourth-order valence-electron chi connectivity index (χ4n) is 1.93. The van der Waals surface area contributed by atoms with E-state index in [0.29, 0.717) is 24.4 Å². The number of rotatable bonds is 1. The summed E-state index contributed by atoms with van der Waals surface area (Å²) in [5.74, 6) is -0.195. The number of nitrogens with zero attached hydrogens (tertiary/aromatic N) is 3. The number of hydrogen-bond acceptors (Lipinski definition) is 3. The van der Waals surface area contributed by atoms with Gasteiger partial charge in [-0.15, -0.1) is 0 Å². The molecule has 0 unspecified atom stereocenters. The number of β-amino-alcohol motifs (C(OH)–C–C–N with tert-alkyl or cyclic N) is 1. The van der Waals surface area contributed by atoms with Crippen LogP contribution in [0.5, 0.6) is 0 Å². The lowest BCUT2D eigenvalue weighted by Gasteiger charge is -2.35. The van der Waals surface area contributed by atoms with Crippen molar-refractivity contribution in [1.82, 2.24) is 14.3 Å². The van der Waals surface area contributed by atoms with Crippen molar-refractivity contribution in [3.05, 3.63) is 35.2 Å². The quantitative estimate of drug-likeness (QED) is 0.816. The van der Waals surface area contributed by atoms with Crippen LogP contribution in [0.4, 0.5) is 0 Å². The summed E-state index contributed by atoms with van der Waals surface area (Å²) in [6, 6.07) is 5.43. The summed E-state index contributed by atoms with van der Waals surface area (Å²) in [5.41, 5.74) is 0.996. The largest absolute Gasteiger partial charge is 0.389 e. The third-order valence-corrected chi connectivity index (χ3v) is 3.10. The molecule has 0 aromatic carbocycles. The molecule has 1 aliphatic rings. The van der Waals surface area contributed by atoms with Crippen LogP contribution in [-0.4, -0.2) is 44.5 Å². The second kappa shape index (κ2) is 3.72. The van der Waals surface area contributed by atoms with Gasteiger partial charge in [0.05, 0.1) is 6.10 Å². The van der Waals surface area contributed by atoms with E-state index in [1.807, 2.05) is 12.1 Å². The molecule has 0 bridgehead atoms. The number of aliphatic hydroxyl groups excluding tert-OH is 1. The molecule has 0 saturated carbocycles. The van der Waals surface area contributed by atoms with Crippen LogP contribution < -0.4 is 0 Å². The summed E-state index contributed by atoms with van der Waals surface area (Å²) < 4.78 is 1.66. The van der Waals surface area contributed by atoms with Crippen LogP contribution in [0.1, 0.15) is 10.5 Å². The molecular weight excluding hydrogens is 242 g/mol. The van der Waals surface area contributed by atoms with E-state index in [1.165, 1.54) is 0 Å². The van der Waals surface area contributed by atoms with E-state index >= 15 is 0 Å². The molecule has 0 radical (unpaired) electrons. The number of fused-ring (bicyclic) bond motifs is 1. The number of carbonyl (C=O) groups is 1. The molecule has 3 heterocycles. The van der Waals surface area contributed by atoms with Crippen molar-refractivity contribution in [3.63, 3.8) is 0 Å². The van der Waals surface area contributed by atoms with Gasteiger partial charge in [0.2, 0.25) is 0 Å². The highest BCUT2D eigenvalue weighted by Crippen LogP contribution is 2.21. The molecule has 5 nitrogen and oxygen atoms in total. The fraction of sp³-hybridized carbons (Fsp3) is 0.273. The number of aromatic nitrogens is 2. The summed E-state index contributed by atoms with van der Waals surface area (Å²) in [4.78, 5) is 17.8. The zero-order chi connectivity index (χ0) is 12.0. The zero-order valence-corrected chi connectivity index (χ0v) is 9.63. The van der Waals surface area contributed by atoms with E-state index in [2.05, 4.69) is 4.98 Å². The number of hydrogen-bond donors (Lipinski definition) is 1. The van der Waals surface area contributed by atoms with Crippen molar-refractivity contribution in [2.24, 2.45) is 0 Å². The first kappa shape index (κ1) is 10.6. The number of likely N-dealkylation sites (tertiary alicyclic amines) is 1. The molecule has 1 saturated heterocycles. The molecule has 17 heavy (non-hydrogen) atoms. The lowest BCUT2D eigenvalue weighted by molar-refractivity contribution is 0.00544. The minimum absolute atomic E-state index is 0.195.